The van der Waals surface area contributed by atoms with E-state index in [0.717, 1.165) is 24.4 Å². The van der Waals surface area contributed by atoms with Crippen molar-refractivity contribution in [2.24, 2.45) is 0 Å². The Hall–Kier alpha value is -3.65. The Labute approximate surface area is 174 Å². The van der Waals surface area contributed by atoms with E-state index < -0.39 is 59.6 Å². The number of aromatic nitrogens is 2. The Morgan fingerprint density at radius 2 is 1.88 bits per heavy atom. The second-order valence-corrected chi connectivity index (χ2v) is 6.39. The van der Waals surface area contributed by atoms with Gasteiger partial charge in [-0.15, -0.1) is 13.2 Å². The highest BCUT2D eigenvalue weighted by atomic mass is 19.4. The van der Waals surface area contributed by atoms with Crippen LogP contribution in [0.1, 0.15) is 23.0 Å². The van der Waals surface area contributed by atoms with Gasteiger partial charge in [-0.3, -0.25) is 4.79 Å². The maximum atomic E-state index is 13.6. The van der Waals surface area contributed by atoms with Crippen molar-refractivity contribution in [2.75, 3.05) is 6.54 Å². The van der Waals surface area contributed by atoms with E-state index in [9.17, 15) is 40.3 Å². The number of halogens is 7. The SMILES string of the molecule is O=C1NC[C@@H](C(=O)N[C@H](c2ccc(OC(F)(F)F)nc2)c2ccc(F)c(C(F)(F)F)n2)N1. The second kappa shape index (κ2) is 8.47. The molecule has 2 aromatic rings. The molecule has 0 aliphatic carbocycles. The molecule has 172 valence electrons. The number of hydrogen-bond acceptors (Lipinski definition) is 5. The molecule has 8 nitrogen and oxygen atoms in total. The van der Waals surface area contributed by atoms with Crippen LogP contribution in [0.3, 0.4) is 0 Å². The zero-order valence-electron chi connectivity index (χ0n) is 15.5. The summed E-state index contributed by atoms with van der Waals surface area (Å²) < 4.78 is 93.5. The molecule has 1 fully saturated rings. The molecule has 1 aliphatic rings. The lowest BCUT2D eigenvalue weighted by atomic mass is 10.0. The van der Waals surface area contributed by atoms with E-state index in [4.69, 9.17) is 0 Å². The van der Waals surface area contributed by atoms with E-state index in [1.807, 2.05) is 0 Å². The highest BCUT2D eigenvalue weighted by Crippen LogP contribution is 2.32. The molecule has 1 saturated heterocycles. The summed E-state index contributed by atoms with van der Waals surface area (Å²) in [5.41, 5.74) is -2.41. The Morgan fingerprint density at radius 3 is 2.41 bits per heavy atom. The number of nitrogens with one attached hydrogen (secondary N) is 3. The fraction of sp³-hybridized carbons (Fsp3) is 0.294. The number of amides is 3. The molecular formula is C17H12F7N5O3. The maximum Gasteiger partial charge on any atom is 0.574 e. The summed E-state index contributed by atoms with van der Waals surface area (Å²) >= 11 is 0. The summed E-state index contributed by atoms with van der Waals surface area (Å²) in [4.78, 5) is 30.4. The van der Waals surface area contributed by atoms with Crippen molar-refractivity contribution < 1.29 is 45.1 Å². The highest BCUT2D eigenvalue weighted by molar-refractivity contribution is 5.90. The van der Waals surface area contributed by atoms with Crippen molar-refractivity contribution in [1.82, 2.24) is 25.9 Å². The summed E-state index contributed by atoms with van der Waals surface area (Å²) in [5.74, 6) is -3.36. The topological polar surface area (TPSA) is 105 Å². The lowest BCUT2D eigenvalue weighted by Gasteiger charge is -2.22. The lowest BCUT2D eigenvalue weighted by molar-refractivity contribution is -0.276. The van der Waals surface area contributed by atoms with Gasteiger partial charge in [0.05, 0.1) is 11.7 Å². The van der Waals surface area contributed by atoms with E-state index in [2.05, 4.69) is 30.7 Å². The van der Waals surface area contributed by atoms with Gasteiger partial charge in [-0.1, -0.05) is 0 Å². The third kappa shape index (κ3) is 5.53. The first-order valence-corrected chi connectivity index (χ1v) is 8.63. The maximum absolute atomic E-state index is 13.6. The van der Waals surface area contributed by atoms with Crippen LogP contribution in [0.2, 0.25) is 0 Å². The quantitative estimate of drug-likeness (QED) is 0.586. The smallest absolute Gasteiger partial charge is 0.388 e. The van der Waals surface area contributed by atoms with Crippen molar-refractivity contribution in [1.29, 1.82) is 0 Å². The Kier molecular flexibility index (Phi) is 6.09. The van der Waals surface area contributed by atoms with Crippen LogP contribution in [0, 0.1) is 5.82 Å². The standard InChI is InChI=1S/C17H12F7N5O3/c18-8-2-3-9(27-13(8)16(19,20)21)12(29-14(30)10-6-26-15(31)28-10)7-1-4-11(25-5-7)32-17(22,23)24/h1-5,10,12H,6H2,(H,29,30)(H2,26,28,31)/t10-,12+/m0/s1. The van der Waals surface area contributed by atoms with Gasteiger partial charge in [0.2, 0.25) is 11.8 Å². The number of carbonyl (C=O) groups is 2. The molecule has 2 atom stereocenters. The van der Waals surface area contributed by atoms with Gasteiger partial charge in [-0.05, 0) is 23.8 Å². The van der Waals surface area contributed by atoms with Crippen LogP contribution in [0.15, 0.2) is 30.5 Å². The molecule has 0 saturated carbocycles. The third-order valence-corrected chi connectivity index (χ3v) is 4.12. The van der Waals surface area contributed by atoms with Crippen molar-refractivity contribution in [3.8, 4) is 5.88 Å². The molecule has 1 aliphatic heterocycles. The average molecular weight is 467 g/mol. The Bertz CT molecular complexity index is 1010. The summed E-state index contributed by atoms with van der Waals surface area (Å²) in [6.07, 6.45) is -9.37. The van der Waals surface area contributed by atoms with E-state index in [0.29, 0.717) is 6.07 Å². The van der Waals surface area contributed by atoms with Crippen molar-refractivity contribution in [3.05, 3.63) is 53.2 Å². The van der Waals surface area contributed by atoms with Crippen LogP contribution in [-0.4, -0.2) is 40.9 Å². The van der Waals surface area contributed by atoms with Gasteiger partial charge in [0.25, 0.3) is 0 Å². The number of hydrogen-bond donors (Lipinski definition) is 3. The van der Waals surface area contributed by atoms with Crippen molar-refractivity contribution in [2.45, 2.75) is 24.6 Å². The number of urea groups is 1. The summed E-state index contributed by atoms with van der Waals surface area (Å²) in [5, 5.41) is 6.90. The van der Waals surface area contributed by atoms with E-state index >= 15 is 0 Å². The first kappa shape index (κ1) is 23.0. The number of pyridine rings is 2. The predicted molar refractivity (Wildman–Crippen MR) is 90.4 cm³/mol. The van der Waals surface area contributed by atoms with Crippen molar-refractivity contribution in [3.63, 3.8) is 0 Å². The highest BCUT2D eigenvalue weighted by Gasteiger charge is 2.38. The molecular weight excluding hydrogens is 455 g/mol. The molecule has 0 aromatic carbocycles. The molecule has 3 rings (SSSR count). The zero-order valence-corrected chi connectivity index (χ0v) is 15.5. The van der Waals surface area contributed by atoms with Gasteiger partial charge in [-0.25, -0.2) is 19.2 Å². The first-order chi connectivity index (χ1) is 14.8. The largest absolute Gasteiger partial charge is 0.574 e. The molecule has 3 N–H and O–H groups in total. The summed E-state index contributed by atoms with van der Waals surface area (Å²) in [6.45, 7) is -0.126. The van der Waals surface area contributed by atoms with Gasteiger partial charge in [-0.2, -0.15) is 13.2 Å². The molecule has 0 unspecified atom stereocenters. The zero-order chi connectivity index (χ0) is 23.7. The minimum Gasteiger partial charge on any atom is -0.388 e. The molecule has 0 radical (unpaired) electrons. The number of carbonyl (C=O) groups excluding carboxylic acids is 2. The minimum atomic E-state index is -5.15. The molecule has 3 amide bonds. The van der Waals surface area contributed by atoms with Crippen LogP contribution in [0.5, 0.6) is 5.88 Å². The van der Waals surface area contributed by atoms with Gasteiger partial charge in [0.1, 0.15) is 6.04 Å². The van der Waals surface area contributed by atoms with Crippen LogP contribution in [0.25, 0.3) is 0 Å². The normalized spacial score (nSPS) is 17.3. The number of ether oxygens (including phenoxy) is 1. The molecule has 0 bridgehead atoms. The van der Waals surface area contributed by atoms with Crippen LogP contribution in [0.4, 0.5) is 35.5 Å². The van der Waals surface area contributed by atoms with E-state index in [1.165, 1.54) is 0 Å². The fourth-order valence-electron chi connectivity index (χ4n) is 2.74. The van der Waals surface area contributed by atoms with Crippen LogP contribution >= 0.6 is 0 Å². The number of alkyl halides is 6. The second-order valence-electron chi connectivity index (χ2n) is 6.39. The summed E-state index contributed by atoms with van der Waals surface area (Å²) in [7, 11) is 0. The monoisotopic (exact) mass is 467 g/mol. The minimum absolute atomic E-state index is 0.0858. The molecule has 32 heavy (non-hydrogen) atoms. The van der Waals surface area contributed by atoms with Gasteiger partial charge in [0, 0.05) is 18.8 Å². The van der Waals surface area contributed by atoms with Gasteiger partial charge in [0.15, 0.2) is 11.5 Å². The summed E-state index contributed by atoms with van der Waals surface area (Å²) in [6, 6.07) is -0.102. The van der Waals surface area contributed by atoms with Crippen LogP contribution in [-0.2, 0) is 11.0 Å². The predicted octanol–water partition coefficient (Wildman–Crippen LogP) is 2.42. The lowest BCUT2D eigenvalue weighted by Crippen LogP contribution is -2.44. The van der Waals surface area contributed by atoms with E-state index in [1.54, 1.807) is 0 Å². The average Bonchev–Trinajstić information content (AvgIpc) is 3.12. The molecule has 0 spiro atoms. The fourth-order valence-corrected chi connectivity index (χ4v) is 2.74. The Balaban J connectivity index is 1.96. The number of rotatable bonds is 5. The van der Waals surface area contributed by atoms with Gasteiger partial charge < -0.3 is 20.7 Å². The van der Waals surface area contributed by atoms with E-state index in [-0.39, 0.29) is 12.1 Å². The Morgan fingerprint density at radius 1 is 1.16 bits per heavy atom. The first-order valence-electron chi connectivity index (χ1n) is 8.63. The van der Waals surface area contributed by atoms with Crippen molar-refractivity contribution >= 4 is 11.9 Å². The molecule has 2 aromatic heterocycles. The third-order valence-electron chi connectivity index (χ3n) is 4.12. The van der Waals surface area contributed by atoms with Gasteiger partial charge >= 0.3 is 18.6 Å². The molecule has 15 heteroatoms. The molecule has 3 heterocycles. The number of nitrogens with zero attached hydrogens (tertiary/aromatic N) is 2. The van der Waals surface area contributed by atoms with Crippen LogP contribution < -0.4 is 20.7 Å².